The van der Waals surface area contributed by atoms with E-state index in [1.807, 2.05) is 6.92 Å². The Morgan fingerprint density at radius 1 is 1.52 bits per heavy atom. The summed E-state index contributed by atoms with van der Waals surface area (Å²) in [5.74, 6) is -0.654. The zero-order chi connectivity index (χ0) is 15.2. The Bertz CT molecular complexity index is 545. The van der Waals surface area contributed by atoms with Crippen molar-refractivity contribution < 1.29 is 17.9 Å². The third-order valence-electron chi connectivity index (χ3n) is 2.80. The molecule has 0 bridgehead atoms. The summed E-state index contributed by atoms with van der Waals surface area (Å²) in [6.45, 7) is 2.24. The highest BCUT2D eigenvalue weighted by Crippen LogP contribution is 2.23. The van der Waals surface area contributed by atoms with Crippen LogP contribution in [0.2, 0.25) is 0 Å². The van der Waals surface area contributed by atoms with E-state index in [1.165, 1.54) is 13.2 Å². The van der Waals surface area contributed by atoms with Crippen molar-refractivity contribution in [2.45, 2.75) is 37.1 Å². The van der Waals surface area contributed by atoms with Crippen LogP contribution in [-0.4, -0.2) is 34.1 Å². The first-order chi connectivity index (χ1) is 9.46. The second-order valence-electron chi connectivity index (χ2n) is 4.30. The summed E-state index contributed by atoms with van der Waals surface area (Å²) in [5, 5.41) is 1.55. The third-order valence-corrected chi connectivity index (χ3v) is 5.39. The van der Waals surface area contributed by atoms with Gasteiger partial charge in [-0.2, -0.15) is 0 Å². The molecule has 1 atom stereocenters. The number of methoxy groups -OCH3 is 1. The van der Waals surface area contributed by atoms with Gasteiger partial charge in [0.2, 0.25) is 10.0 Å². The Morgan fingerprint density at radius 3 is 2.71 bits per heavy atom. The van der Waals surface area contributed by atoms with Crippen LogP contribution in [0.15, 0.2) is 16.3 Å². The molecule has 21 heavy (non-hydrogen) atoms. The Labute approximate surface area is 135 Å². The van der Waals surface area contributed by atoms with Crippen molar-refractivity contribution in [1.82, 2.24) is 4.72 Å². The van der Waals surface area contributed by atoms with E-state index in [2.05, 4.69) is 9.46 Å². The van der Waals surface area contributed by atoms with Gasteiger partial charge in [0.25, 0.3) is 0 Å². The molecule has 0 radical (unpaired) electrons. The number of halogens is 1. The quantitative estimate of drug-likeness (QED) is 0.691. The number of rotatable bonds is 8. The number of nitrogens with one attached hydrogen (secondary N) is 1. The standard InChI is InChI=1S/C12H20N2O4S2.ClH/c1-3-4-5-9(8-13)14-20(16,17)10-6-7-19-11(10)12(15)18-2;/h6-7,9,14H,3-5,8,13H2,1-2H3;1H. The molecule has 1 heterocycles. The first-order valence-electron chi connectivity index (χ1n) is 6.34. The summed E-state index contributed by atoms with van der Waals surface area (Å²) in [7, 11) is -2.55. The number of nitrogens with two attached hydrogens (primary N) is 1. The summed E-state index contributed by atoms with van der Waals surface area (Å²) in [5.41, 5.74) is 5.58. The number of sulfonamides is 1. The Hall–Kier alpha value is -0.670. The van der Waals surface area contributed by atoms with Crippen LogP contribution in [-0.2, 0) is 14.8 Å². The highest BCUT2D eigenvalue weighted by atomic mass is 35.5. The van der Waals surface area contributed by atoms with Crippen LogP contribution in [0.4, 0.5) is 0 Å². The highest BCUT2D eigenvalue weighted by molar-refractivity contribution is 7.89. The van der Waals surface area contributed by atoms with Crippen LogP contribution >= 0.6 is 23.7 Å². The Morgan fingerprint density at radius 2 is 2.19 bits per heavy atom. The molecule has 0 aromatic carbocycles. The van der Waals surface area contributed by atoms with Gasteiger partial charge in [-0.25, -0.2) is 17.9 Å². The predicted octanol–water partition coefficient (Wildman–Crippen LogP) is 1.75. The molecule has 0 saturated carbocycles. The summed E-state index contributed by atoms with van der Waals surface area (Å²) in [6.07, 6.45) is 2.52. The number of thiophene rings is 1. The van der Waals surface area contributed by atoms with Crippen molar-refractivity contribution in [3.8, 4) is 0 Å². The van der Waals surface area contributed by atoms with Crippen molar-refractivity contribution in [3.63, 3.8) is 0 Å². The molecule has 3 N–H and O–H groups in total. The predicted molar refractivity (Wildman–Crippen MR) is 85.6 cm³/mol. The van der Waals surface area contributed by atoms with Gasteiger partial charge >= 0.3 is 5.97 Å². The minimum Gasteiger partial charge on any atom is -0.465 e. The second kappa shape index (κ2) is 9.37. The van der Waals surface area contributed by atoms with Crippen molar-refractivity contribution in [2.24, 2.45) is 5.73 Å². The SMILES string of the molecule is CCCCC(CN)NS(=O)(=O)c1ccsc1C(=O)OC.Cl. The maximum Gasteiger partial charge on any atom is 0.349 e. The van der Waals surface area contributed by atoms with Gasteiger partial charge in [0.15, 0.2) is 0 Å². The minimum atomic E-state index is -3.76. The van der Waals surface area contributed by atoms with Gasteiger partial charge in [0.1, 0.15) is 9.77 Å². The number of ether oxygens (including phenoxy) is 1. The molecule has 122 valence electrons. The van der Waals surface area contributed by atoms with E-state index < -0.39 is 16.0 Å². The fourth-order valence-electron chi connectivity index (χ4n) is 1.71. The van der Waals surface area contributed by atoms with E-state index in [-0.39, 0.29) is 34.8 Å². The van der Waals surface area contributed by atoms with Crippen LogP contribution in [0.25, 0.3) is 0 Å². The van der Waals surface area contributed by atoms with E-state index in [0.29, 0.717) is 6.42 Å². The van der Waals surface area contributed by atoms with Crippen molar-refractivity contribution in [2.75, 3.05) is 13.7 Å². The molecule has 0 amide bonds. The van der Waals surface area contributed by atoms with Crippen molar-refractivity contribution >= 4 is 39.7 Å². The molecule has 0 aliphatic carbocycles. The zero-order valence-electron chi connectivity index (χ0n) is 12.0. The van der Waals surface area contributed by atoms with E-state index in [9.17, 15) is 13.2 Å². The molecule has 0 aliphatic rings. The molecule has 9 heteroatoms. The first-order valence-corrected chi connectivity index (χ1v) is 8.70. The molecule has 0 aliphatic heterocycles. The molecule has 0 spiro atoms. The van der Waals surface area contributed by atoms with Crippen LogP contribution < -0.4 is 10.5 Å². The number of carbonyl (C=O) groups excluding carboxylic acids is 1. The first kappa shape index (κ1) is 20.3. The van der Waals surface area contributed by atoms with Crippen molar-refractivity contribution in [3.05, 3.63) is 16.3 Å². The lowest BCUT2D eigenvalue weighted by molar-refractivity contribution is 0.0602. The average Bonchev–Trinajstić information content (AvgIpc) is 2.92. The van der Waals surface area contributed by atoms with Gasteiger partial charge in [0, 0.05) is 12.6 Å². The number of esters is 1. The van der Waals surface area contributed by atoms with Gasteiger partial charge in [-0.1, -0.05) is 19.8 Å². The lowest BCUT2D eigenvalue weighted by Crippen LogP contribution is -2.40. The fraction of sp³-hybridized carbons (Fsp3) is 0.583. The normalized spacial score (nSPS) is 12.5. The summed E-state index contributed by atoms with van der Waals surface area (Å²) < 4.78 is 31.7. The number of hydrogen-bond acceptors (Lipinski definition) is 6. The lowest BCUT2D eigenvalue weighted by Gasteiger charge is -2.16. The van der Waals surface area contributed by atoms with E-state index >= 15 is 0 Å². The Balaban J connectivity index is 0.00000400. The maximum atomic E-state index is 12.3. The van der Waals surface area contributed by atoms with Crippen LogP contribution in [0.5, 0.6) is 0 Å². The zero-order valence-corrected chi connectivity index (χ0v) is 14.4. The second-order valence-corrected chi connectivity index (χ2v) is 6.90. The summed E-state index contributed by atoms with van der Waals surface area (Å²) >= 11 is 1.04. The molecule has 1 unspecified atom stereocenters. The molecule has 0 fully saturated rings. The smallest absolute Gasteiger partial charge is 0.349 e. The Kier molecular flexibility index (Phi) is 9.07. The number of hydrogen-bond donors (Lipinski definition) is 2. The molecule has 1 aromatic rings. The molecule has 1 aromatic heterocycles. The van der Waals surface area contributed by atoms with E-state index in [1.54, 1.807) is 5.38 Å². The molecule has 1 rings (SSSR count). The van der Waals surface area contributed by atoms with Gasteiger partial charge < -0.3 is 10.5 Å². The summed E-state index contributed by atoms with van der Waals surface area (Å²) in [6, 6.07) is 1.07. The lowest BCUT2D eigenvalue weighted by atomic mass is 10.1. The molecular weight excluding hydrogens is 336 g/mol. The largest absolute Gasteiger partial charge is 0.465 e. The average molecular weight is 357 g/mol. The van der Waals surface area contributed by atoms with Crippen LogP contribution in [0, 0.1) is 0 Å². The molecular formula is C12H21ClN2O4S2. The van der Waals surface area contributed by atoms with Gasteiger partial charge in [0.05, 0.1) is 7.11 Å². The van der Waals surface area contributed by atoms with E-state index in [0.717, 1.165) is 24.2 Å². The monoisotopic (exact) mass is 356 g/mol. The molecule has 6 nitrogen and oxygen atoms in total. The van der Waals surface area contributed by atoms with Gasteiger partial charge in [-0.3, -0.25) is 0 Å². The highest BCUT2D eigenvalue weighted by Gasteiger charge is 2.26. The number of unbranched alkanes of at least 4 members (excludes halogenated alkanes) is 1. The molecule has 0 saturated heterocycles. The number of carbonyl (C=O) groups is 1. The topological polar surface area (TPSA) is 98.5 Å². The third kappa shape index (κ3) is 5.55. The summed E-state index contributed by atoms with van der Waals surface area (Å²) in [4.78, 5) is 11.6. The minimum absolute atomic E-state index is 0. The fourth-order valence-corrected chi connectivity index (χ4v) is 4.33. The van der Waals surface area contributed by atoms with Gasteiger partial charge in [-0.05, 0) is 17.9 Å². The maximum absolute atomic E-state index is 12.3. The van der Waals surface area contributed by atoms with Crippen molar-refractivity contribution in [1.29, 1.82) is 0 Å². The van der Waals surface area contributed by atoms with Crippen LogP contribution in [0.1, 0.15) is 35.9 Å². The van der Waals surface area contributed by atoms with Gasteiger partial charge in [-0.15, -0.1) is 23.7 Å². The van der Waals surface area contributed by atoms with E-state index in [4.69, 9.17) is 5.73 Å². The van der Waals surface area contributed by atoms with Crippen LogP contribution in [0.3, 0.4) is 0 Å².